The lowest BCUT2D eigenvalue weighted by Gasteiger charge is -2.34. The maximum atomic E-state index is 6.10. The molecule has 156 valence electrons. The highest BCUT2D eigenvalue weighted by Gasteiger charge is 2.36. The maximum Gasteiger partial charge on any atom is 0.227 e. The van der Waals surface area contributed by atoms with Gasteiger partial charge in [0.05, 0.1) is 24.9 Å². The Kier molecular flexibility index (Phi) is 5.55. The molecule has 0 aliphatic carbocycles. The smallest absolute Gasteiger partial charge is 0.227 e. The zero-order valence-electron chi connectivity index (χ0n) is 17.4. The van der Waals surface area contributed by atoms with E-state index in [9.17, 15) is 0 Å². The number of nitrogens with zero attached hydrogens (tertiary/aromatic N) is 4. The molecule has 0 N–H and O–H groups in total. The quantitative estimate of drug-likeness (QED) is 0.744. The SMILES string of the molecule is CC[C@H](c1ccccc1)c1nnc(N2C[C@H]3CC[C@@H](C2)O3)n1C[C@H]1CCCCO1. The summed E-state index contributed by atoms with van der Waals surface area (Å²) in [5.41, 5.74) is 1.31. The van der Waals surface area contributed by atoms with E-state index in [1.807, 2.05) is 0 Å². The van der Waals surface area contributed by atoms with Crippen molar-refractivity contribution in [3.05, 3.63) is 41.7 Å². The second-order valence-corrected chi connectivity index (χ2v) is 8.69. The van der Waals surface area contributed by atoms with E-state index in [0.29, 0.717) is 12.2 Å². The van der Waals surface area contributed by atoms with Crippen molar-refractivity contribution >= 4 is 5.95 Å². The molecule has 3 aliphatic rings. The lowest BCUT2D eigenvalue weighted by atomic mass is 9.95. The van der Waals surface area contributed by atoms with Crippen LogP contribution in [0, 0.1) is 0 Å². The second kappa shape index (κ2) is 8.44. The summed E-state index contributed by atoms with van der Waals surface area (Å²) in [5.74, 6) is 2.32. The predicted octanol–water partition coefficient (Wildman–Crippen LogP) is 3.76. The summed E-state index contributed by atoms with van der Waals surface area (Å²) >= 11 is 0. The molecule has 1 aromatic heterocycles. The van der Waals surface area contributed by atoms with Crippen LogP contribution in [-0.4, -0.2) is 52.8 Å². The molecular weight excluding hydrogens is 364 g/mol. The molecule has 3 aliphatic heterocycles. The highest BCUT2D eigenvalue weighted by molar-refractivity contribution is 5.36. The van der Waals surface area contributed by atoms with Crippen molar-refractivity contribution in [2.75, 3.05) is 24.6 Å². The zero-order valence-corrected chi connectivity index (χ0v) is 17.4. The minimum absolute atomic E-state index is 0.249. The van der Waals surface area contributed by atoms with E-state index in [1.54, 1.807) is 0 Å². The van der Waals surface area contributed by atoms with E-state index >= 15 is 0 Å². The maximum absolute atomic E-state index is 6.10. The predicted molar refractivity (Wildman–Crippen MR) is 112 cm³/mol. The summed E-state index contributed by atoms with van der Waals surface area (Å²) in [6, 6.07) is 10.7. The summed E-state index contributed by atoms with van der Waals surface area (Å²) in [4.78, 5) is 2.41. The van der Waals surface area contributed by atoms with Crippen molar-refractivity contribution in [2.45, 2.75) is 76.2 Å². The van der Waals surface area contributed by atoms with Crippen LogP contribution in [0.3, 0.4) is 0 Å². The standard InChI is InChI=1S/C23H32N4O2/c1-2-21(17-8-4-3-5-9-17)22-24-25-23(26-14-19-11-12-20(15-26)29-19)27(22)16-18-10-6-7-13-28-18/h3-5,8-9,18-21H,2,6-7,10-16H2,1H3/t18-,19-,20+,21-/m1/s1. The average Bonchev–Trinajstić information content (AvgIpc) is 3.33. The molecule has 2 aromatic rings. The van der Waals surface area contributed by atoms with Gasteiger partial charge in [-0.15, -0.1) is 10.2 Å². The molecule has 6 heteroatoms. The second-order valence-electron chi connectivity index (χ2n) is 8.69. The van der Waals surface area contributed by atoms with Crippen LogP contribution in [0.2, 0.25) is 0 Å². The molecule has 0 radical (unpaired) electrons. The van der Waals surface area contributed by atoms with E-state index < -0.39 is 0 Å². The Morgan fingerprint density at radius 1 is 1.03 bits per heavy atom. The van der Waals surface area contributed by atoms with Gasteiger partial charge < -0.3 is 14.4 Å². The van der Waals surface area contributed by atoms with Gasteiger partial charge in [-0.1, -0.05) is 37.3 Å². The van der Waals surface area contributed by atoms with Gasteiger partial charge in [0, 0.05) is 25.6 Å². The molecule has 4 heterocycles. The summed E-state index contributed by atoms with van der Waals surface area (Å²) in [6.07, 6.45) is 7.79. The van der Waals surface area contributed by atoms with Crippen LogP contribution in [0.4, 0.5) is 5.95 Å². The van der Waals surface area contributed by atoms with Gasteiger partial charge in [0.25, 0.3) is 0 Å². The van der Waals surface area contributed by atoms with Crippen LogP contribution in [0.25, 0.3) is 0 Å². The van der Waals surface area contributed by atoms with Gasteiger partial charge >= 0.3 is 0 Å². The third kappa shape index (κ3) is 3.92. The number of morpholine rings is 1. The fraction of sp³-hybridized carbons (Fsp3) is 0.652. The van der Waals surface area contributed by atoms with Crippen molar-refractivity contribution in [1.82, 2.24) is 14.8 Å². The van der Waals surface area contributed by atoms with Crippen molar-refractivity contribution < 1.29 is 9.47 Å². The molecule has 3 saturated heterocycles. The monoisotopic (exact) mass is 396 g/mol. The molecule has 2 bridgehead atoms. The molecule has 3 fully saturated rings. The van der Waals surface area contributed by atoms with Crippen molar-refractivity contribution in [3.8, 4) is 0 Å². The number of hydrogen-bond acceptors (Lipinski definition) is 5. The fourth-order valence-electron chi connectivity index (χ4n) is 5.16. The molecule has 1 aromatic carbocycles. The Balaban J connectivity index is 1.49. The van der Waals surface area contributed by atoms with E-state index in [0.717, 1.165) is 63.7 Å². The number of anilines is 1. The highest BCUT2D eigenvalue weighted by atomic mass is 16.5. The number of ether oxygens (including phenoxy) is 2. The van der Waals surface area contributed by atoms with Gasteiger partial charge in [0.1, 0.15) is 5.82 Å². The lowest BCUT2D eigenvalue weighted by molar-refractivity contribution is 0.00496. The Labute approximate surface area is 173 Å². The number of fused-ring (bicyclic) bond motifs is 2. The molecule has 5 rings (SSSR count). The Morgan fingerprint density at radius 2 is 1.83 bits per heavy atom. The van der Waals surface area contributed by atoms with Gasteiger partial charge in [-0.25, -0.2) is 0 Å². The largest absolute Gasteiger partial charge is 0.376 e. The average molecular weight is 397 g/mol. The Morgan fingerprint density at radius 3 is 2.52 bits per heavy atom. The third-order valence-corrected chi connectivity index (χ3v) is 6.67. The van der Waals surface area contributed by atoms with E-state index in [-0.39, 0.29) is 12.0 Å². The first-order valence-electron chi connectivity index (χ1n) is 11.3. The van der Waals surface area contributed by atoms with Crippen LogP contribution < -0.4 is 4.90 Å². The van der Waals surface area contributed by atoms with Crippen LogP contribution in [0.15, 0.2) is 30.3 Å². The number of hydrogen-bond donors (Lipinski definition) is 0. The van der Waals surface area contributed by atoms with E-state index in [2.05, 4.69) is 46.7 Å². The molecule has 0 saturated carbocycles. The van der Waals surface area contributed by atoms with Gasteiger partial charge in [-0.3, -0.25) is 4.57 Å². The molecule has 4 atom stereocenters. The highest BCUT2D eigenvalue weighted by Crippen LogP contribution is 2.33. The number of benzene rings is 1. The number of aromatic nitrogens is 3. The van der Waals surface area contributed by atoms with E-state index in [1.165, 1.54) is 18.4 Å². The van der Waals surface area contributed by atoms with Gasteiger partial charge in [-0.05, 0) is 44.1 Å². The summed E-state index contributed by atoms with van der Waals surface area (Å²) in [7, 11) is 0. The third-order valence-electron chi connectivity index (χ3n) is 6.67. The summed E-state index contributed by atoms with van der Waals surface area (Å²) < 4.78 is 14.5. The molecule has 6 nitrogen and oxygen atoms in total. The van der Waals surface area contributed by atoms with Gasteiger partial charge in [0.2, 0.25) is 5.95 Å². The lowest BCUT2D eigenvalue weighted by Crippen LogP contribution is -2.44. The minimum atomic E-state index is 0.249. The molecular formula is C23H32N4O2. The Bertz CT molecular complexity index is 790. The fourth-order valence-corrected chi connectivity index (χ4v) is 5.16. The molecule has 0 spiro atoms. The summed E-state index contributed by atoms with van der Waals surface area (Å²) in [6.45, 7) is 5.79. The Hall–Kier alpha value is -1.92. The first-order valence-corrected chi connectivity index (χ1v) is 11.3. The van der Waals surface area contributed by atoms with Crippen LogP contribution >= 0.6 is 0 Å². The molecule has 0 amide bonds. The van der Waals surface area contributed by atoms with Crippen molar-refractivity contribution in [2.24, 2.45) is 0 Å². The molecule has 29 heavy (non-hydrogen) atoms. The first-order chi connectivity index (χ1) is 14.3. The molecule has 0 unspecified atom stereocenters. The normalized spacial score (nSPS) is 27.9. The first kappa shape index (κ1) is 19.1. The van der Waals surface area contributed by atoms with E-state index in [4.69, 9.17) is 19.7 Å². The van der Waals surface area contributed by atoms with Gasteiger partial charge in [0.15, 0.2) is 0 Å². The summed E-state index contributed by atoms with van der Waals surface area (Å²) in [5, 5.41) is 9.47. The van der Waals surface area contributed by atoms with Crippen LogP contribution in [0.1, 0.15) is 62.8 Å². The number of rotatable bonds is 6. The van der Waals surface area contributed by atoms with Crippen molar-refractivity contribution in [1.29, 1.82) is 0 Å². The van der Waals surface area contributed by atoms with Crippen LogP contribution in [-0.2, 0) is 16.0 Å². The van der Waals surface area contributed by atoms with Crippen LogP contribution in [0.5, 0.6) is 0 Å². The van der Waals surface area contributed by atoms with Gasteiger partial charge in [-0.2, -0.15) is 0 Å². The topological polar surface area (TPSA) is 52.4 Å². The van der Waals surface area contributed by atoms with Crippen molar-refractivity contribution in [3.63, 3.8) is 0 Å². The minimum Gasteiger partial charge on any atom is -0.376 e. The zero-order chi connectivity index (χ0) is 19.6.